The minimum Gasteiger partial charge on any atom is -0.534 e. The maximum Gasteiger partial charge on any atom is 0.547 e. The fraction of sp³-hybridized carbons (Fsp3) is 0.364. The molecule has 2 atom stereocenters. The Hall–Kier alpha value is -3.98. The number of benzene rings is 1. The second-order valence-corrected chi connectivity index (χ2v) is 9.42. The van der Waals surface area contributed by atoms with Gasteiger partial charge in [0.05, 0.1) is 23.1 Å². The molecule has 2 aromatic rings. The molecule has 2 aliphatic heterocycles. The van der Waals surface area contributed by atoms with Crippen molar-refractivity contribution in [2.75, 3.05) is 25.4 Å². The van der Waals surface area contributed by atoms with Gasteiger partial charge in [0.15, 0.2) is 5.13 Å². The molecule has 1 saturated heterocycles. The topological polar surface area (TPSA) is 192 Å². The van der Waals surface area contributed by atoms with E-state index >= 15 is 0 Å². The molecule has 194 valence electrons. The predicted octanol–water partition coefficient (Wildman–Crippen LogP) is -0.746. The number of aromatic carboxylic acids is 1. The number of carbonyl (C=O) groups is 5. The Morgan fingerprint density at radius 1 is 1.30 bits per heavy atom. The summed E-state index contributed by atoms with van der Waals surface area (Å²) in [4.78, 5) is 68.8. The maximum absolute atomic E-state index is 13.3. The van der Waals surface area contributed by atoms with Gasteiger partial charge in [-0.25, -0.2) is 9.78 Å². The molecule has 0 spiro atoms. The van der Waals surface area contributed by atoms with Crippen LogP contribution in [0, 0.1) is 0 Å². The molecule has 15 heteroatoms. The second-order valence-electron chi connectivity index (χ2n) is 8.53. The van der Waals surface area contributed by atoms with Gasteiger partial charge < -0.3 is 30.7 Å². The number of hydrogen-bond acceptors (Lipinski definition) is 10. The third-order valence-corrected chi connectivity index (χ3v) is 6.95. The van der Waals surface area contributed by atoms with E-state index in [9.17, 15) is 34.1 Å². The zero-order valence-electron chi connectivity index (χ0n) is 19.7. The lowest BCUT2D eigenvalue weighted by Crippen LogP contribution is -2.57. The summed E-state index contributed by atoms with van der Waals surface area (Å²) in [6, 6.07) is 4.49. The average Bonchev–Trinajstić information content (AvgIpc) is 3.29. The molecule has 1 fully saturated rings. The van der Waals surface area contributed by atoms with Crippen LogP contribution >= 0.6 is 11.3 Å². The van der Waals surface area contributed by atoms with Gasteiger partial charge in [0, 0.05) is 31.4 Å². The number of carboxylic acid groups (broad SMARTS) is 1. The summed E-state index contributed by atoms with van der Waals surface area (Å²) >= 11 is 1.06. The highest BCUT2D eigenvalue weighted by atomic mass is 32.1. The molecule has 5 N–H and O–H groups in total. The van der Waals surface area contributed by atoms with Crippen LogP contribution in [0.4, 0.5) is 5.13 Å². The van der Waals surface area contributed by atoms with E-state index in [0.29, 0.717) is 12.1 Å². The molecule has 4 amide bonds. The van der Waals surface area contributed by atoms with Crippen LogP contribution in [0.25, 0.3) is 0 Å². The summed E-state index contributed by atoms with van der Waals surface area (Å²) in [6.07, 6.45) is -0.404. The SMILES string of the molecule is CCN1CCN(C(=O)CC(C(=O)N[C@H]2Cc3cccc(C(=O)O)c3OB2O)c2csc(N)n2)C(=O)C1=O. The maximum atomic E-state index is 13.3. The first-order valence-electron chi connectivity index (χ1n) is 11.5. The fourth-order valence-corrected chi connectivity index (χ4v) is 4.91. The summed E-state index contributed by atoms with van der Waals surface area (Å²) < 4.78 is 5.41. The number of hydrogen-bond donors (Lipinski definition) is 4. The molecular formula is C22H24BN5O8S. The van der Waals surface area contributed by atoms with E-state index < -0.39 is 55.0 Å². The van der Waals surface area contributed by atoms with Crippen LogP contribution in [0.1, 0.15) is 40.9 Å². The van der Waals surface area contributed by atoms with Crippen LogP contribution in [-0.4, -0.2) is 87.2 Å². The number of likely N-dealkylation sites (N-methyl/N-ethyl adjacent to an activating group) is 1. The van der Waals surface area contributed by atoms with E-state index in [2.05, 4.69) is 10.3 Å². The molecular weight excluding hydrogens is 505 g/mol. The van der Waals surface area contributed by atoms with Crippen LogP contribution < -0.4 is 15.7 Å². The molecule has 1 aromatic heterocycles. The highest BCUT2D eigenvalue weighted by Crippen LogP contribution is 2.31. The van der Waals surface area contributed by atoms with Crippen molar-refractivity contribution in [3.8, 4) is 5.75 Å². The number of carboxylic acids is 1. The summed E-state index contributed by atoms with van der Waals surface area (Å²) in [6.45, 7) is 2.25. The van der Waals surface area contributed by atoms with Gasteiger partial charge in [-0.05, 0) is 25.0 Å². The molecule has 3 heterocycles. The van der Waals surface area contributed by atoms with Crippen molar-refractivity contribution in [3.63, 3.8) is 0 Å². The minimum absolute atomic E-state index is 0.00264. The van der Waals surface area contributed by atoms with Crippen LogP contribution in [0.15, 0.2) is 23.6 Å². The molecule has 2 aliphatic rings. The van der Waals surface area contributed by atoms with Gasteiger partial charge in [0.2, 0.25) is 11.8 Å². The van der Waals surface area contributed by atoms with E-state index in [0.717, 1.165) is 16.2 Å². The number of nitrogens with two attached hydrogens (primary N) is 1. The number of piperazine rings is 1. The minimum atomic E-state index is -1.56. The van der Waals surface area contributed by atoms with Gasteiger partial charge >= 0.3 is 24.9 Å². The standard InChI is InChI=1S/C22H24BN5O8S/c1-2-27-6-7-28(20(32)19(27)31)16(29)9-13(14-10-37-22(24)25-14)18(30)26-15-8-11-4-3-5-12(21(33)34)17(11)36-23(15)35/h3-5,10,13,15,35H,2,6-9H2,1H3,(H2,24,25)(H,26,30)(H,33,34)/t13?,15-/m0/s1. The quantitative estimate of drug-likeness (QED) is 0.262. The van der Waals surface area contributed by atoms with Gasteiger partial charge in [0.1, 0.15) is 5.75 Å². The number of carbonyl (C=O) groups excluding carboxylic acids is 4. The number of aromatic nitrogens is 1. The monoisotopic (exact) mass is 529 g/mol. The van der Waals surface area contributed by atoms with Crippen LogP contribution in [0.2, 0.25) is 0 Å². The Balaban J connectivity index is 1.52. The van der Waals surface area contributed by atoms with E-state index in [1.165, 1.54) is 22.4 Å². The summed E-state index contributed by atoms with van der Waals surface area (Å²) in [7, 11) is -1.56. The van der Waals surface area contributed by atoms with E-state index in [-0.39, 0.29) is 41.6 Å². The fourth-order valence-electron chi connectivity index (χ4n) is 4.29. The van der Waals surface area contributed by atoms with E-state index in [1.807, 2.05) is 0 Å². The zero-order chi connectivity index (χ0) is 26.9. The van der Waals surface area contributed by atoms with Gasteiger partial charge in [-0.2, -0.15) is 0 Å². The number of nitrogen functional groups attached to an aromatic ring is 1. The van der Waals surface area contributed by atoms with E-state index in [1.54, 1.807) is 13.0 Å². The summed E-state index contributed by atoms with van der Waals surface area (Å²) in [5.74, 6) is -6.51. The lowest BCUT2D eigenvalue weighted by molar-refractivity contribution is -0.161. The molecule has 4 rings (SSSR count). The molecule has 0 saturated carbocycles. The number of anilines is 1. The van der Waals surface area contributed by atoms with Gasteiger partial charge in [-0.1, -0.05) is 12.1 Å². The average molecular weight is 529 g/mol. The zero-order valence-corrected chi connectivity index (χ0v) is 20.6. The van der Waals surface area contributed by atoms with Crippen molar-refractivity contribution < 1.29 is 38.8 Å². The smallest absolute Gasteiger partial charge is 0.534 e. The molecule has 1 aromatic carbocycles. The van der Waals surface area contributed by atoms with Gasteiger partial charge in [-0.3, -0.25) is 24.1 Å². The Morgan fingerprint density at radius 3 is 2.70 bits per heavy atom. The number of fused-ring (bicyclic) bond motifs is 1. The van der Waals surface area contributed by atoms with Crippen molar-refractivity contribution in [2.45, 2.75) is 31.6 Å². The number of nitrogens with one attached hydrogen (secondary N) is 1. The first kappa shape index (κ1) is 26.1. The van der Waals surface area contributed by atoms with Crippen molar-refractivity contribution in [2.24, 2.45) is 0 Å². The normalized spacial score (nSPS) is 18.2. The van der Waals surface area contributed by atoms with Crippen molar-refractivity contribution in [1.82, 2.24) is 20.1 Å². The van der Waals surface area contributed by atoms with Gasteiger partial charge in [-0.15, -0.1) is 11.3 Å². The number of thiazole rings is 1. The highest BCUT2D eigenvalue weighted by molar-refractivity contribution is 7.13. The Kier molecular flexibility index (Phi) is 7.45. The van der Waals surface area contributed by atoms with Crippen molar-refractivity contribution in [1.29, 1.82) is 0 Å². The first-order chi connectivity index (χ1) is 17.6. The number of nitrogens with zero attached hydrogens (tertiary/aromatic N) is 3. The molecule has 0 bridgehead atoms. The van der Waals surface area contributed by atoms with Crippen molar-refractivity contribution in [3.05, 3.63) is 40.4 Å². The van der Waals surface area contributed by atoms with Crippen LogP contribution in [0.3, 0.4) is 0 Å². The molecule has 37 heavy (non-hydrogen) atoms. The lowest BCUT2D eigenvalue weighted by Gasteiger charge is -2.32. The number of imide groups is 1. The molecule has 0 radical (unpaired) electrons. The third kappa shape index (κ3) is 5.27. The summed E-state index contributed by atoms with van der Waals surface area (Å²) in [5, 5.41) is 24.2. The summed E-state index contributed by atoms with van der Waals surface area (Å²) in [5.41, 5.74) is 6.27. The van der Waals surface area contributed by atoms with Crippen LogP contribution in [0.5, 0.6) is 5.75 Å². The molecule has 1 unspecified atom stereocenters. The highest BCUT2D eigenvalue weighted by Gasteiger charge is 2.41. The Labute approximate surface area is 215 Å². The third-order valence-electron chi connectivity index (χ3n) is 6.26. The molecule has 0 aliphatic carbocycles. The first-order valence-corrected chi connectivity index (χ1v) is 12.3. The lowest BCUT2D eigenvalue weighted by atomic mass is 9.72. The Bertz CT molecular complexity index is 1270. The number of rotatable bonds is 7. The second kappa shape index (κ2) is 10.6. The predicted molar refractivity (Wildman–Crippen MR) is 130 cm³/mol. The number of amides is 4. The van der Waals surface area contributed by atoms with Crippen molar-refractivity contribution >= 4 is 53.2 Å². The molecule has 13 nitrogen and oxygen atoms in total. The largest absolute Gasteiger partial charge is 0.547 e. The van der Waals surface area contributed by atoms with Gasteiger partial charge in [0.25, 0.3) is 0 Å². The number of para-hydroxylation sites is 1. The van der Waals surface area contributed by atoms with Crippen LogP contribution in [-0.2, 0) is 25.6 Å². The van der Waals surface area contributed by atoms with E-state index in [4.69, 9.17) is 10.4 Å². The Morgan fingerprint density at radius 2 is 2.05 bits per heavy atom.